The lowest BCUT2D eigenvalue weighted by molar-refractivity contribution is 0.0674. The van der Waals surface area contributed by atoms with Gasteiger partial charge in [-0.15, -0.1) is 0 Å². The Hall–Kier alpha value is -2.81. The Morgan fingerprint density at radius 3 is 2.64 bits per heavy atom. The molecule has 4 unspecified atom stereocenters. The molecule has 4 atom stereocenters. The van der Waals surface area contributed by atoms with Gasteiger partial charge in [0.25, 0.3) is 0 Å². The maximum absolute atomic E-state index is 6.02. The van der Waals surface area contributed by atoms with Crippen molar-refractivity contribution in [1.82, 2.24) is 20.3 Å². The number of hydrogen-bond donors (Lipinski definition) is 2. The third-order valence-corrected chi connectivity index (χ3v) is 5.07. The zero-order valence-electron chi connectivity index (χ0n) is 15.2. The van der Waals surface area contributed by atoms with Crippen molar-refractivity contribution in [2.24, 2.45) is 0 Å². The standard InChI is InChI=1S/C20H21N5O3/c1-2-7-21-13(4-1)10-23-15-11-27-19-16(12-28-18(15)19)25-20-22-8-6-14(24-20)17-5-3-9-26-17/h1-9,15-16,18-19,23H,10-12H2,(H,22,24,25). The lowest BCUT2D eigenvalue weighted by Gasteiger charge is -2.18. The van der Waals surface area contributed by atoms with Crippen LogP contribution in [0.25, 0.3) is 11.5 Å². The molecule has 0 saturated carbocycles. The van der Waals surface area contributed by atoms with Crippen molar-refractivity contribution in [1.29, 1.82) is 0 Å². The van der Waals surface area contributed by atoms with Gasteiger partial charge in [0.15, 0.2) is 5.76 Å². The van der Waals surface area contributed by atoms with Crippen molar-refractivity contribution in [2.75, 3.05) is 18.5 Å². The zero-order chi connectivity index (χ0) is 18.8. The summed E-state index contributed by atoms with van der Waals surface area (Å²) in [6.07, 6.45) is 5.09. The number of nitrogens with zero attached hydrogens (tertiary/aromatic N) is 3. The first-order valence-electron chi connectivity index (χ1n) is 9.37. The molecular formula is C20H21N5O3. The maximum Gasteiger partial charge on any atom is 0.223 e. The molecule has 0 bridgehead atoms. The summed E-state index contributed by atoms with van der Waals surface area (Å²) in [6.45, 7) is 1.84. The Bertz CT molecular complexity index is 905. The van der Waals surface area contributed by atoms with Gasteiger partial charge in [-0.2, -0.15) is 0 Å². The molecule has 2 aliphatic rings. The number of ether oxygens (including phenoxy) is 2. The van der Waals surface area contributed by atoms with E-state index >= 15 is 0 Å². The SMILES string of the molecule is c1ccc(CNC2COC3C(Nc4nccc(-c5ccco5)n4)COC23)nc1. The minimum Gasteiger partial charge on any atom is -0.463 e. The van der Waals surface area contributed by atoms with E-state index in [0.29, 0.717) is 31.5 Å². The van der Waals surface area contributed by atoms with Gasteiger partial charge in [0.1, 0.15) is 17.9 Å². The van der Waals surface area contributed by atoms with E-state index < -0.39 is 0 Å². The summed E-state index contributed by atoms with van der Waals surface area (Å²) in [7, 11) is 0. The maximum atomic E-state index is 6.02. The van der Waals surface area contributed by atoms with E-state index in [2.05, 4.69) is 25.6 Å². The third-order valence-electron chi connectivity index (χ3n) is 5.07. The molecule has 0 spiro atoms. The van der Waals surface area contributed by atoms with Gasteiger partial charge in [0, 0.05) is 18.9 Å². The number of hydrogen-bond acceptors (Lipinski definition) is 8. The number of aromatic nitrogens is 3. The number of fused-ring (bicyclic) bond motifs is 1. The van der Waals surface area contributed by atoms with Gasteiger partial charge in [-0.1, -0.05) is 6.07 Å². The van der Waals surface area contributed by atoms with E-state index in [1.807, 2.05) is 36.4 Å². The molecule has 2 N–H and O–H groups in total. The molecule has 0 aromatic carbocycles. The Kier molecular flexibility index (Phi) is 4.74. The molecule has 3 aromatic rings. The molecule has 3 aromatic heterocycles. The van der Waals surface area contributed by atoms with Gasteiger partial charge >= 0.3 is 0 Å². The highest BCUT2D eigenvalue weighted by molar-refractivity contribution is 5.53. The van der Waals surface area contributed by atoms with E-state index in [0.717, 1.165) is 11.4 Å². The Labute approximate surface area is 162 Å². The molecule has 8 nitrogen and oxygen atoms in total. The molecule has 2 saturated heterocycles. The fraction of sp³-hybridized carbons (Fsp3) is 0.350. The molecule has 0 aliphatic carbocycles. The second-order valence-electron chi connectivity index (χ2n) is 6.90. The van der Waals surface area contributed by atoms with Crippen LogP contribution in [0.1, 0.15) is 5.69 Å². The fourth-order valence-electron chi connectivity index (χ4n) is 3.69. The predicted molar refractivity (Wildman–Crippen MR) is 101 cm³/mol. The first kappa shape index (κ1) is 17.3. The molecule has 28 heavy (non-hydrogen) atoms. The van der Waals surface area contributed by atoms with Gasteiger partial charge in [-0.25, -0.2) is 9.97 Å². The van der Waals surface area contributed by atoms with Crippen molar-refractivity contribution in [3.63, 3.8) is 0 Å². The summed E-state index contributed by atoms with van der Waals surface area (Å²) in [4.78, 5) is 13.2. The Morgan fingerprint density at radius 2 is 1.82 bits per heavy atom. The molecule has 2 aliphatic heterocycles. The summed E-state index contributed by atoms with van der Waals surface area (Å²) >= 11 is 0. The second kappa shape index (κ2) is 7.67. The average Bonchev–Trinajstić information content (AvgIpc) is 3.47. The predicted octanol–water partition coefficient (Wildman–Crippen LogP) is 1.87. The van der Waals surface area contributed by atoms with Crippen molar-refractivity contribution in [2.45, 2.75) is 30.8 Å². The van der Waals surface area contributed by atoms with E-state index in [1.54, 1.807) is 18.7 Å². The quantitative estimate of drug-likeness (QED) is 0.670. The van der Waals surface area contributed by atoms with Crippen LogP contribution < -0.4 is 10.6 Å². The van der Waals surface area contributed by atoms with Gasteiger partial charge in [-0.3, -0.25) is 4.98 Å². The lowest BCUT2D eigenvalue weighted by Crippen LogP contribution is -2.42. The summed E-state index contributed by atoms with van der Waals surface area (Å²) in [6, 6.07) is 11.6. The first-order valence-corrected chi connectivity index (χ1v) is 9.37. The third kappa shape index (κ3) is 3.49. The highest BCUT2D eigenvalue weighted by Gasteiger charge is 2.47. The van der Waals surface area contributed by atoms with Gasteiger partial charge < -0.3 is 24.5 Å². The summed E-state index contributed by atoms with van der Waals surface area (Å²) in [5.41, 5.74) is 1.74. The number of rotatable bonds is 6. The highest BCUT2D eigenvalue weighted by atomic mass is 16.6. The van der Waals surface area contributed by atoms with E-state index in [4.69, 9.17) is 13.9 Å². The van der Waals surface area contributed by atoms with Crippen LogP contribution in [0.3, 0.4) is 0 Å². The molecule has 5 rings (SSSR count). The minimum atomic E-state index is -0.0444. The van der Waals surface area contributed by atoms with Crippen LogP contribution >= 0.6 is 0 Å². The Balaban J connectivity index is 1.21. The molecule has 0 radical (unpaired) electrons. The van der Waals surface area contributed by atoms with Crippen LogP contribution in [0.2, 0.25) is 0 Å². The van der Waals surface area contributed by atoms with Crippen LogP contribution in [-0.2, 0) is 16.0 Å². The highest BCUT2D eigenvalue weighted by Crippen LogP contribution is 2.29. The fourth-order valence-corrected chi connectivity index (χ4v) is 3.69. The van der Waals surface area contributed by atoms with Crippen LogP contribution in [0.15, 0.2) is 59.5 Å². The van der Waals surface area contributed by atoms with Crippen LogP contribution in [0, 0.1) is 0 Å². The van der Waals surface area contributed by atoms with Crippen LogP contribution in [-0.4, -0.2) is 52.5 Å². The largest absolute Gasteiger partial charge is 0.463 e. The molecule has 5 heterocycles. The second-order valence-corrected chi connectivity index (χ2v) is 6.90. The molecule has 2 fully saturated rings. The summed E-state index contributed by atoms with van der Waals surface area (Å²) in [5, 5.41) is 6.85. The van der Waals surface area contributed by atoms with Gasteiger partial charge in [-0.05, 0) is 30.3 Å². The molecule has 8 heteroatoms. The minimum absolute atomic E-state index is 0.00139. The topological polar surface area (TPSA) is 94.3 Å². The molecule has 0 amide bonds. The van der Waals surface area contributed by atoms with Crippen LogP contribution in [0.5, 0.6) is 0 Å². The van der Waals surface area contributed by atoms with Crippen molar-refractivity contribution < 1.29 is 13.9 Å². The summed E-state index contributed by atoms with van der Waals surface area (Å²) < 4.78 is 17.5. The number of nitrogens with one attached hydrogen (secondary N) is 2. The van der Waals surface area contributed by atoms with E-state index in [9.17, 15) is 0 Å². The molecular weight excluding hydrogens is 358 g/mol. The number of anilines is 1. The summed E-state index contributed by atoms with van der Waals surface area (Å²) in [5.74, 6) is 1.25. The first-order chi connectivity index (χ1) is 13.9. The van der Waals surface area contributed by atoms with E-state index in [1.165, 1.54) is 0 Å². The number of pyridine rings is 1. The van der Waals surface area contributed by atoms with Crippen molar-refractivity contribution in [3.05, 3.63) is 60.7 Å². The number of furan rings is 1. The zero-order valence-corrected chi connectivity index (χ0v) is 15.2. The molecule has 144 valence electrons. The Morgan fingerprint density at radius 1 is 0.929 bits per heavy atom. The van der Waals surface area contributed by atoms with Gasteiger partial charge in [0.2, 0.25) is 5.95 Å². The van der Waals surface area contributed by atoms with Gasteiger partial charge in [0.05, 0.1) is 37.3 Å². The monoisotopic (exact) mass is 379 g/mol. The van der Waals surface area contributed by atoms with Crippen molar-refractivity contribution >= 4 is 5.95 Å². The normalized spacial score (nSPS) is 26.3. The van der Waals surface area contributed by atoms with Crippen molar-refractivity contribution in [3.8, 4) is 11.5 Å². The van der Waals surface area contributed by atoms with E-state index in [-0.39, 0.29) is 24.3 Å². The smallest absolute Gasteiger partial charge is 0.223 e. The van der Waals surface area contributed by atoms with Crippen LogP contribution in [0.4, 0.5) is 5.95 Å². The average molecular weight is 379 g/mol. The lowest BCUT2D eigenvalue weighted by atomic mass is 10.1.